The molecular weight excluding hydrogens is 456 g/mol. The smallest absolute Gasteiger partial charge is 0.325 e. The molecule has 174 valence electrons. The second-order valence-electron chi connectivity index (χ2n) is 8.68. The van der Waals surface area contributed by atoms with Crippen molar-refractivity contribution < 1.29 is 22.8 Å². The minimum atomic E-state index is -3.68. The third-order valence-electron chi connectivity index (χ3n) is 6.84. The number of urea groups is 1. The Bertz CT molecular complexity index is 1020. The van der Waals surface area contributed by atoms with Gasteiger partial charge in [-0.1, -0.05) is 31.4 Å². The monoisotopic (exact) mass is 482 g/mol. The van der Waals surface area contributed by atoms with Gasteiger partial charge in [0.1, 0.15) is 12.1 Å². The van der Waals surface area contributed by atoms with Crippen LogP contribution in [0.2, 0.25) is 5.02 Å². The van der Waals surface area contributed by atoms with Crippen molar-refractivity contribution in [2.45, 2.75) is 43.0 Å². The highest BCUT2D eigenvalue weighted by atomic mass is 35.5. The molecule has 1 N–H and O–H groups in total. The second kappa shape index (κ2) is 8.64. The number of halogens is 1. The van der Waals surface area contributed by atoms with Crippen LogP contribution in [0.4, 0.5) is 4.79 Å². The fourth-order valence-electron chi connectivity index (χ4n) is 4.81. The van der Waals surface area contributed by atoms with Crippen LogP contribution in [0.15, 0.2) is 29.2 Å². The van der Waals surface area contributed by atoms with E-state index >= 15 is 0 Å². The zero-order valence-electron chi connectivity index (χ0n) is 17.9. The van der Waals surface area contributed by atoms with E-state index in [0.29, 0.717) is 11.4 Å². The average molecular weight is 483 g/mol. The molecule has 3 fully saturated rings. The zero-order chi connectivity index (χ0) is 23.1. The maximum Gasteiger partial charge on any atom is 0.325 e. The summed E-state index contributed by atoms with van der Waals surface area (Å²) in [5.41, 5.74) is -0.902. The van der Waals surface area contributed by atoms with Gasteiger partial charge in [0.2, 0.25) is 15.9 Å². The summed E-state index contributed by atoms with van der Waals surface area (Å²) in [6.07, 6.45) is 3.33. The van der Waals surface area contributed by atoms with Gasteiger partial charge in [0, 0.05) is 31.2 Å². The third kappa shape index (κ3) is 3.99. The molecule has 32 heavy (non-hydrogen) atoms. The van der Waals surface area contributed by atoms with Gasteiger partial charge in [-0.2, -0.15) is 4.31 Å². The van der Waals surface area contributed by atoms with Gasteiger partial charge in [0.25, 0.3) is 5.91 Å². The summed E-state index contributed by atoms with van der Waals surface area (Å²) in [5, 5.41) is 3.29. The van der Waals surface area contributed by atoms with Crippen LogP contribution in [0.3, 0.4) is 0 Å². The van der Waals surface area contributed by atoms with E-state index in [0.717, 1.165) is 24.2 Å². The molecule has 11 heteroatoms. The SMILES string of the molecule is C[C@@H]1CCCC[C@]12NC(=O)N(CC(=O)N1CCN(S(=O)(=O)c3ccc(Cl)cc3)CC1)C2=O. The summed E-state index contributed by atoms with van der Waals surface area (Å²) < 4.78 is 27.0. The fourth-order valence-corrected chi connectivity index (χ4v) is 6.36. The van der Waals surface area contributed by atoms with Gasteiger partial charge < -0.3 is 10.2 Å². The van der Waals surface area contributed by atoms with Gasteiger partial charge in [-0.05, 0) is 43.0 Å². The zero-order valence-corrected chi connectivity index (χ0v) is 19.5. The van der Waals surface area contributed by atoms with Crippen LogP contribution in [0.1, 0.15) is 32.6 Å². The van der Waals surface area contributed by atoms with E-state index in [4.69, 9.17) is 11.6 Å². The van der Waals surface area contributed by atoms with Crippen LogP contribution in [0, 0.1) is 5.92 Å². The predicted molar refractivity (Wildman–Crippen MR) is 117 cm³/mol. The summed E-state index contributed by atoms with van der Waals surface area (Å²) in [5.74, 6) is -0.668. The van der Waals surface area contributed by atoms with Crippen molar-refractivity contribution in [1.82, 2.24) is 19.4 Å². The molecule has 9 nitrogen and oxygen atoms in total. The topological polar surface area (TPSA) is 107 Å². The van der Waals surface area contributed by atoms with Gasteiger partial charge in [-0.3, -0.25) is 14.5 Å². The summed E-state index contributed by atoms with van der Waals surface area (Å²) in [6, 6.07) is 5.42. The molecule has 0 unspecified atom stereocenters. The number of amides is 4. The molecule has 1 spiro atoms. The third-order valence-corrected chi connectivity index (χ3v) is 9.00. The molecule has 4 rings (SSSR count). The number of nitrogens with zero attached hydrogens (tertiary/aromatic N) is 3. The van der Waals surface area contributed by atoms with E-state index in [1.165, 1.54) is 33.5 Å². The number of hydrogen-bond acceptors (Lipinski definition) is 5. The van der Waals surface area contributed by atoms with E-state index in [1.54, 1.807) is 0 Å². The highest BCUT2D eigenvalue weighted by Gasteiger charge is 2.55. The number of nitrogens with one attached hydrogen (secondary N) is 1. The maximum absolute atomic E-state index is 13.1. The average Bonchev–Trinajstić information content (AvgIpc) is 3.01. The Morgan fingerprint density at radius 3 is 2.41 bits per heavy atom. The van der Waals surface area contributed by atoms with Crippen molar-refractivity contribution in [1.29, 1.82) is 0 Å². The lowest BCUT2D eigenvalue weighted by Gasteiger charge is -2.37. The molecule has 1 saturated carbocycles. The number of hydrogen-bond donors (Lipinski definition) is 1. The minimum Gasteiger partial charge on any atom is -0.338 e. The molecule has 0 bridgehead atoms. The molecular formula is C21H27ClN4O5S. The van der Waals surface area contributed by atoms with E-state index in [9.17, 15) is 22.8 Å². The first kappa shape index (κ1) is 23.0. The summed E-state index contributed by atoms with van der Waals surface area (Å²) >= 11 is 5.84. The molecule has 2 saturated heterocycles. The predicted octanol–water partition coefficient (Wildman–Crippen LogP) is 1.67. The second-order valence-corrected chi connectivity index (χ2v) is 11.1. The van der Waals surface area contributed by atoms with Crippen molar-refractivity contribution in [2.75, 3.05) is 32.7 Å². The Hall–Kier alpha value is -2.17. The van der Waals surface area contributed by atoms with Crippen LogP contribution in [-0.4, -0.2) is 78.6 Å². The van der Waals surface area contributed by atoms with Gasteiger partial charge in [0.15, 0.2) is 0 Å². The maximum atomic E-state index is 13.1. The first-order valence-electron chi connectivity index (χ1n) is 10.8. The molecule has 2 atom stereocenters. The minimum absolute atomic E-state index is 0.0226. The van der Waals surface area contributed by atoms with Gasteiger partial charge in [-0.15, -0.1) is 0 Å². The fraction of sp³-hybridized carbons (Fsp3) is 0.571. The summed E-state index contributed by atoms with van der Waals surface area (Å²) in [4.78, 5) is 41.1. The molecule has 1 aliphatic carbocycles. The number of imide groups is 1. The van der Waals surface area contributed by atoms with Gasteiger partial charge in [0.05, 0.1) is 4.90 Å². The van der Waals surface area contributed by atoms with Crippen molar-refractivity contribution in [2.24, 2.45) is 5.92 Å². The highest BCUT2D eigenvalue weighted by molar-refractivity contribution is 7.89. The Balaban J connectivity index is 1.37. The standard InChI is InChI=1S/C21H27ClN4O5S/c1-15-4-2-3-9-21(15)19(28)26(20(29)23-21)14-18(27)24-10-12-25(13-11-24)32(30,31)17-7-5-16(22)6-8-17/h5-8,15H,2-4,9-14H2,1H3,(H,23,29)/t15-,21+/m1/s1. The van der Waals surface area contributed by atoms with Crippen LogP contribution in [0.5, 0.6) is 0 Å². The lowest BCUT2D eigenvalue weighted by atomic mass is 9.73. The Kier molecular flexibility index (Phi) is 6.21. The van der Waals surface area contributed by atoms with Crippen LogP contribution in [-0.2, 0) is 19.6 Å². The van der Waals surface area contributed by atoms with Crippen LogP contribution in [0.25, 0.3) is 0 Å². The van der Waals surface area contributed by atoms with Crippen molar-refractivity contribution >= 4 is 39.5 Å². The first-order chi connectivity index (χ1) is 15.1. The Morgan fingerprint density at radius 1 is 1.12 bits per heavy atom. The quantitative estimate of drug-likeness (QED) is 0.657. The number of piperazine rings is 1. The largest absolute Gasteiger partial charge is 0.338 e. The molecule has 1 aromatic rings. The molecule has 2 aliphatic heterocycles. The summed E-state index contributed by atoms with van der Waals surface area (Å²) in [7, 11) is -3.68. The number of sulfonamides is 1. The molecule has 3 aliphatic rings. The normalized spacial score (nSPS) is 27.1. The molecule has 2 heterocycles. The number of carbonyl (C=O) groups is 3. The van der Waals surface area contributed by atoms with Crippen LogP contribution >= 0.6 is 11.6 Å². The van der Waals surface area contributed by atoms with Crippen molar-refractivity contribution in [3.63, 3.8) is 0 Å². The summed E-state index contributed by atoms with van der Waals surface area (Å²) in [6.45, 7) is 2.29. The van der Waals surface area contributed by atoms with E-state index in [1.807, 2.05) is 6.92 Å². The Labute approximate surface area is 192 Å². The Morgan fingerprint density at radius 2 is 1.78 bits per heavy atom. The highest BCUT2D eigenvalue weighted by Crippen LogP contribution is 2.38. The van der Waals surface area contributed by atoms with E-state index in [2.05, 4.69) is 5.32 Å². The number of carbonyl (C=O) groups excluding carboxylic acids is 3. The van der Waals surface area contributed by atoms with E-state index < -0.39 is 21.6 Å². The van der Waals surface area contributed by atoms with Crippen molar-refractivity contribution in [3.8, 4) is 0 Å². The molecule has 0 aromatic heterocycles. The van der Waals surface area contributed by atoms with Crippen LogP contribution < -0.4 is 5.32 Å². The van der Waals surface area contributed by atoms with Gasteiger partial charge in [-0.25, -0.2) is 13.2 Å². The molecule has 0 radical (unpaired) electrons. The molecule has 4 amide bonds. The van der Waals surface area contributed by atoms with Crippen molar-refractivity contribution in [3.05, 3.63) is 29.3 Å². The first-order valence-corrected chi connectivity index (χ1v) is 12.6. The number of rotatable bonds is 4. The van der Waals surface area contributed by atoms with Gasteiger partial charge >= 0.3 is 6.03 Å². The molecule has 1 aromatic carbocycles. The number of benzene rings is 1. The lowest BCUT2D eigenvalue weighted by Crippen LogP contribution is -2.55. The lowest BCUT2D eigenvalue weighted by molar-refractivity contribution is -0.141. The van der Waals surface area contributed by atoms with E-state index in [-0.39, 0.29) is 55.4 Å².